The number of carbonyl (C=O) groups is 2. The Labute approximate surface area is 549 Å². The summed E-state index contributed by atoms with van der Waals surface area (Å²) in [6.45, 7) is 3.65. The van der Waals surface area contributed by atoms with Crippen LogP contribution < -0.4 is 5.73 Å². The van der Waals surface area contributed by atoms with Gasteiger partial charge in [0, 0.05) is 19.4 Å². The number of hydrogen-bond donors (Lipinski definition) is 2. The van der Waals surface area contributed by atoms with Gasteiger partial charge in [-0.3, -0.25) is 18.6 Å². The number of unbranched alkanes of at least 4 members (excludes halogenated alkanes) is 36. The van der Waals surface area contributed by atoms with Crippen LogP contribution >= 0.6 is 7.82 Å². The maximum Gasteiger partial charge on any atom is 0.472 e. The van der Waals surface area contributed by atoms with Gasteiger partial charge in [-0.15, -0.1) is 0 Å². The van der Waals surface area contributed by atoms with Crippen molar-refractivity contribution in [1.82, 2.24) is 0 Å². The molecule has 0 radical (unpaired) electrons. The van der Waals surface area contributed by atoms with Crippen molar-refractivity contribution in [2.75, 3.05) is 26.4 Å². The molecular formula is C79H138NO8P. The van der Waals surface area contributed by atoms with Crippen molar-refractivity contribution >= 4 is 19.8 Å². The molecule has 0 bridgehead atoms. The van der Waals surface area contributed by atoms with E-state index in [1.165, 1.54) is 205 Å². The molecular weight excluding hydrogens is 1120 g/mol. The molecule has 0 spiro atoms. The monoisotopic (exact) mass is 1260 g/mol. The van der Waals surface area contributed by atoms with Gasteiger partial charge in [-0.1, -0.05) is 334 Å². The molecule has 0 aliphatic rings. The smallest absolute Gasteiger partial charge is 0.462 e. The molecule has 0 heterocycles. The molecule has 10 heteroatoms. The fourth-order valence-corrected chi connectivity index (χ4v) is 11.2. The molecule has 0 aromatic carbocycles. The maximum atomic E-state index is 12.8. The van der Waals surface area contributed by atoms with Crippen LogP contribution in [-0.4, -0.2) is 49.3 Å². The van der Waals surface area contributed by atoms with Crippen LogP contribution in [-0.2, 0) is 32.7 Å². The first-order chi connectivity index (χ1) is 43.8. The van der Waals surface area contributed by atoms with E-state index in [0.717, 1.165) is 96.3 Å². The van der Waals surface area contributed by atoms with E-state index in [2.05, 4.69) is 135 Å². The standard InChI is InChI=1S/C79H138NO8P/c1-3-5-7-9-11-13-15-17-19-21-23-25-27-29-31-33-35-36-37-38-39-40-42-44-46-48-50-52-54-56-58-60-62-64-66-68-70-72-79(82)88-77(76-87-89(83,84)86-74-73-80)75-85-78(81)71-69-67-65-63-61-59-57-55-53-51-49-47-45-43-41-34-32-30-28-26-24-22-20-18-16-14-12-10-8-6-4-2/h5,7,11,13,16-19,22-25,28-31,35-36,38-39,77H,3-4,6,8-10,12,14-15,20-21,26-27,32-34,37,40-76,80H2,1-2H3,(H,83,84)/b7-5-,13-11-,18-16-,19-17-,24-22-,25-23-,30-28-,31-29-,36-35-,39-38-. The van der Waals surface area contributed by atoms with Crippen molar-refractivity contribution < 1.29 is 37.6 Å². The summed E-state index contributed by atoms with van der Waals surface area (Å²) in [6.07, 6.45) is 103. The van der Waals surface area contributed by atoms with Crippen LogP contribution in [0.1, 0.15) is 335 Å². The lowest BCUT2D eigenvalue weighted by Gasteiger charge is -2.19. The number of phosphoric acid groups is 1. The molecule has 2 unspecified atom stereocenters. The van der Waals surface area contributed by atoms with Gasteiger partial charge >= 0.3 is 19.8 Å². The number of rotatable bonds is 69. The van der Waals surface area contributed by atoms with E-state index in [4.69, 9.17) is 24.3 Å². The van der Waals surface area contributed by atoms with Crippen LogP contribution in [0, 0.1) is 0 Å². The Morgan fingerprint density at radius 2 is 0.618 bits per heavy atom. The highest BCUT2D eigenvalue weighted by atomic mass is 31.2. The summed E-state index contributed by atoms with van der Waals surface area (Å²) >= 11 is 0. The SMILES string of the molecule is CC/C=C\C/C=C\C/C=C\C/C=C\C/C=C\C/C=C\C/C=C\CCCCCCCCCCCCCCCCCC(=O)OC(COC(=O)CCCCCCCCCCCCCCCCCC/C=C\C/C=C\C/C=C\CCCCCCC)COP(=O)(O)OCCN. The molecule has 0 rings (SSSR count). The lowest BCUT2D eigenvalue weighted by molar-refractivity contribution is -0.161. The number of ether oxygens (including phenoxy) is 2. The highest BCUT2D eigenvalue weighted by molar-refractivity contribution is 7.47. The van der Waals surface area contributed by atoms with Gasteiger partial charge in [0.15, 0.2) is 6.10 Å². The topological polar surface area (TPSA) is 134 Å². The molecule has 0 aliphatic carbocycles. The van der Waals surface area contributed by atoms with Crippen LogP contribution in [0.15, 0.2) is 122 Å². The first kappa shape index (κ1) is 85.4. The van der Waals surface area contributed by atoms with Gasteiger partial charge in [-0.25, -0.2) is 4.57 Å². The second kappa shape index (κ2) is 73.5. The van der Waals surface area contributed by atoms with Crippen LogP contribution in [0.3, 0.4) is 0 Å². The average Bonchev–Trinajstić information content (AvgIpc) is 3.68. The molecule has 89 heavy (non-hydrogen) atoms. The Hall–Kier alpha value is -3.59. The molecule has 0 aliphatic heterocycles. The number of esters is 2. The zero-order chi connectivity index (χ0) is 64.4. The predicted molar refractivity (Wildman–Crippen MR) is 385 cm³/mol. The zero-order valence-corrected chi connectivity index (χ0v) is 58.5. The van der Waals surface area contributed by atoms with Gasteiger partial charge in [-0.05, 0) is 109 Å². The van der Waals surface area contributed by atoms with E-state index in [0.29, 0.717) is 6.42 Å². The molecule has 3 N–H and O–H groups in total. The van der Waals surface area contributed by atoms with E-state index in [1.807, 2.05) is 0 Å². The number of carbonyl (C=O) groups excluding carboxylic acids is 2. The Morgan fingerprint density at radius 1 is 0.348 bits per heavy atom. The largest absolute Gasteiger partial charge is 0.472 e. The van der Waals surface area contributed by atoms with Crippen LogP contribution in [0.5, 0.6) is 0 Å². The van der Waals surface area contributed by atoms with Crippen LogP contribution in [0.2, 0.25) is 0 Å². The minimum absolute atomic E-state index is 0.0504. The van der Waals surface area contributed by atoms with E-state index < -0.39 is 26.5 Å². The Bertz CT molecular complexity index is 1880. The fourth-order valence-electron chi connectivity index (χ4n) is 10.4. The molecule has 0 fully saturated rings. The molecule has 2 atom stereocenters. The maximum absolute atomic E-state index is 12.8. The molecule has 0 aromatic rings. The first-order valence-corrected chi connectivity index (χ1v) is 38.5. The zero-order valence-electron chi connectivity index (χ0n) is 57.6. The minimum Gasteiger partial charge on any atom is -0.462 e. The quantitative estimate of drug-likeness (QED) is 0.0264. The molecule has 0 saturated heterocycles. The van der Waals surface area contributed by atoms with Gasteiger partial charge in [0.2, 0.25) is 0 Å². The average molecular weight is 1260 g/mol. The number of nitrogens with two attached hydrogens (primary N) is 1. The Morgan fingerprint density at radius 3 is 0.921 bits per heavy atom. The summed E-state index contributed by atoms with van der Waals surface area (Å²) in [6, 6.07) is 0. The highest BCUT2D eigenvalue weighted by Gasteiger charge is 2.26. The first-order valence-electron chi connectivity index (χ1n) is 37.0. The van der Waals surface area contributed by atoms with Gasteiger partial charge < -0.3 is 20.1 Å². The number of phosphoric ester groups is 1. The predicted octanol–water partition coefficient (Wildman–Crippen LogP) is 24.6. The number of hydrogen-bond acceptors (Lipinski definition) is 8. The van der Waals surface area contributed by atoms with Crippen LogP contribution in [0.25, 0.3) is 0 Å². The molecule has 0 saturated carbocycles. The van der Waals surface area contributed by atoms with Gasteiger partial charge in [-0.2, -0.15) is 0 Å². The van der Waals surface area contributed by atoms with Gasteiger partial charge in [0.1, 0.15) is 6.61 Å². The van der Waals surface area contributed by atoms with Crippen molar-refractivity contribution in [1.29, 1.82) is 0 Å². The summed E-state index contributed by atoms with van der Waals surface area (Å²) in [4.78, 5) is 35.4. The molecule has 0 aromatic heterocycles. The summed E-state index contributed by atoms with van der Waals surface area (Å²) < 4.78 is 33.2. The molecule has 9 nitrogen and oxygen atoms in total. The van der Waals surface area contributed by atoms with Crippen molar-refractivity contribution in [2.45, 2.75) is 341 Å². The minimum atomic E-state index is -4.40. The Balaban J connectivity index is 3.87. The van der Waals surface area contributed by atoms with E-state index in [9.17, 15) is 19.0 Å². The van der Waals surface area contributed by atoms with E-state index >= 15 is 0 Å². The fraction of sp³-hybridized carbons (Fsp3) is 0.722. The number of allylic oxidation sites excluding steroid dienone is 20. The lowest BCUT2D eigenvalue weighted by atomic mass is 10.0. The third-order valence-electron chi connectivity index (χ3n) is 15.8. The third-order valence-corrected chi connectivity index (χ3v) is 16.8. The lowest BCUT2D eigenvalue weighted by Crippen LogP contribution is -2.29. The van der Waals surface area contributed by atoms with Crippen LogP contribution in [0.4, 0.5) is 0 Å². The van der Waals surface area contributed by atoms with Crippen molar-refractivity contribution in [3.05, 3.63) is 122 Å². The molecule has 0 amide bonds. The molecule has 512 valence electrons. The van der Waals surface area contributed by atoms with Gasteiger partial charge in [0.25, 0.3) is 0 Å². The summed E-state index contributed by atoms with van der Waals surface area (Å²) in [7, 11) is -4.40. The summed E-state index contributed by atoms with van der Waals surface area (Å²) in [5.74, 6) is -0.820. The third kappa shape index (κ3) is 73.3. The van der Waals surface area contributed by atoms with E-state index in [-0.39, 0.29) is 38.6 Å². The van der Waals surface area contributed by atoms with Gasteiger partial charge in [0.05, 0.1) is 13.2 Å². The van der Waals surface area contributed by atoms with Crippen molar-refractivity contribution in [3.63, 3.8) is 0 Å². The highest BCUT2D eigenvalue weighted by Crippen LogP contribution is 2.43. The second-order valence-corrected chi connectivity index (χ2v) is 25.9. The summed E-state index contributed by atoms with van der Waals surface area (Å²) in [5.41, 5.74) is 5.41. The summed E-state index contributed by atoms with van der Waals surface area (Å²) in [5, 5.41) is 0. The normalized spacial score (nSPS) is 13.6. The van der Waals surface area contributed by atoms with Crippen molar-refractivity contribution in [2.24, 2.45) is 5.73 Å². The van der Waals surface area contributed by atoms with E-state index in [1.54, 1.807) is 0 Å². The second-order valence-electron chi connectivity index (χ2n) is 24.4. The van der Waals surface area contributed by atoms with Crippen molar-refractivity contribution in [3.8, 4) is 0 Å². The Kier molecular flexibility index (Phi) is 70.5.